The number of unbranched alkanes of at least 4 members (excludes halogenated alkanes) is 2. The average Bonchev–Trinajstić information content (AvgIpc) is 2.91. The molecule has 36 heavy (non-hydrogen) atoms. The molecule has 0 spiro atoms. The Morgan fingerprint density at radius 1 is 0.722 bits per heavy atom. The molecule has 188 valence electrons. The van der Waals surface area contributed by atoms with Gasteiger partial charge in [-0.1, -0.05) is 26.7 Å². The molecule has 0 saturated heterocycles. The first-order valence-electron chi connectivity index (χ1n) is 12.4. The summed E-state index contributed by atoms with van der Waals surface area (Å²) in [6.07, 6.45) is 7.62. The van der Waals surface area contributed by atoms with E-state index in [2.05, 4.69) is 34.9 Å². The van der Waals surface area contributed by atoms with E-state index in [1.807, 2.05) is 48.5 Å². The van der Waals surface area contributed by atoms with Crippen LogP contribution in [0, 0.1) is 0 Å². The van der Waals surface area contributed by atoms with Crippen molar-refractivity contribution in [2.24, 2.45) is 10.2 Å². The van der Waals surface area contributed by atoms with Gasteiger partial charge in [-0.2, -0.15) is 10.2 Å². The molecule has 7 nitrogen and oxygen atoms in total. The van der Waals surface area contributed by atoms with Crippen molar-refractivity contribution in [1.29, 1.82) is 0 Å². The molecule has 3 aromatic carbocycles. The molecule has 0 aliphatic heterocycles. The van der Waals surface area contributed by atoms with Crippen LogP contribution in [-0.4, -0.2) is 31.6 Å². The first-order valence-corrected chi connectivity index (χ1v) is 12.4. The van der Waals surface area contributed by atoms with Gasteiger partial charge in [-0.25, -0.2) is 5.43 Å². The van der Waals surface area contributed by atoms with Gasteiger partial charge in [0.25, 0.3) is 5.91 Å². The Morgan fingerprint density at radius 2 is 1.22 bits per heavy atom. The van der Waals surface area contributed by atoms with E-state index in [0.717, 1.165) is 60.6 Å². The van der Waals surface area contributed by atoms with E-state index in [1.54, 1.807) is 36.7 Å². The number of hydrazone groups is 2. The monoisotopic (exact) mass is 486 g/mol. The largest absolute Gasteiger partial charge is 0.494 e. The molecule has 0 aromatic heterocycles. The van der Waals surface area contributed by atoms with Gasteiger partial charge in [0.05, 0.1) is 31.3 Å². The molecule has 1 amide bonds. The maximum Gasteiger partial charge on any atom is 0.271 e. The number of hydrogen-bond donors (Lipinski definition) is 2. The second-order valence-corrected chi connectivity index (χ2v) is 8.19. The van der Waals surface area contributed by atoms with Crippen LogP contribution in [0.25, 0.3) is 0 Å². The average molecular weight is 487 g/mol. The number of carbonyl (C=O) groups excluding carboxylic acids is 1. The van der Waals surface area contributed by atoms with Crippen LogP contribution in [0.2, 0.25) is 0 Å². The van der Waals surface area contributed by atoms with Gasteiger partial charge >= 0.3 is 0 Å². The Kier molecular flexibility index (Phi) is 11.0. The Balaban J connectivity index is 1.42. The Labute approximate surface area is 213 Å². The van der Waals surface area contributed by atoms with Crippen molar-refractivity contribution in [3.05, 3.63) is 89.5 Å². The van der Waals surface area contributed by atoms with Crippen molar-refractivity contribution in [2.75, 3.05) is 18.6 Å². The molecule has 0 heterocycles. The van der Waals surface area contributed by atoms with Gasteiger partial charge in [-0.05, 0) is 96.8 Å². The van der Waals surface area contributed by atoms with Gasteiger partial charge in [-0.15, -0.1) is 0 Å². The molecular weight excluding hydrogens is 452 g/mol. The molecule has 2 N–H and O–H groups in total. The van der Waals surface area contributed by atoms with Crippen LogP contribution in [0.1, 0.15) is 61.0 Å². The summed E-state index contributed by atoms with van der Waals surface area (Å²) >= 11 is 0. The molecule has 0 saturated carbocycles. The number of amides is 1. The van der Waals surface area contributed by atoms with Crippen molar-refractivity contribution in [3.8, 4) is 11.5 Å². The van der Waals surface area contributed by atoms with Crippen molar-refractivity contribution < 1.29 is 14.3 Å². The van der Waals surface area contributed by atoms with Crippen LogP contribution >= 0.6 is 0 Å². The topological polar surface area (TPSA) is 84.3 Å². The lowest BCUT2D eigenvalue weighted by Crippen LogP contribution is -2.17. The lowest BCUT2D eigenvalue weighted by molar-refractivity contribution is 0.0955. The minimum absolute atomic E-state index is 0.290. The molecule has 0 atom stereocenters. The quantitative estimate of drug-likeness (QED) is 0.160. The molecule has 0 unspecified atom stereocenters. The normalized spacial score (nSPS) is 11.1. The number of carbonyl (C=O) groups is 1. The standard InChI is InChI=1S/C29H34N4O3/c1-3-5-19-35-27-15-7-23(8-16-27)21-30-32-26-13-11-25(12-14-26)29(34)33-31-22-24-9-17-28(18-10-24)36-20-6-4-2/h7-18,21-22,32H,3-6,19-20H2,1-2H3,(H,33,34). The Morgan fingerprint density at radius 3 is 1.72 bits per heavy atom. The lowest BCUT2D eigenvalue weighted by Gasteiger charge is -2.05. The van der Waals surface area contributed by atoms with Gasteiger partial charge in [0.15, 0.2) is 0 Å². The van der Waals surface area contributed by atoms with Crippen LogP contribution in [0.5, 0.6) is 11.5 Å². The number of ether oxygens (including phenoxy) is 2. The molecule has 0 fully saturated rings. The van der Waals surface area contributed by atoms with E-state index < -0.39 is 0 Å². The molecule has 7 heteroatoms. The van der Waals surface area contributed by atoms with Crippen molar-refractivity contribution in [3.63, 3.8) is 0 Å². The van der Waals surface area contributed by atoms with Crippen molar-refractivity contribution in [2.45, 2.75) is 39.5 Å². The summed E-state index contributed by atoms with van der Waals surface area (Å²) in [7, 11) is 0. The van der Waals surface area contributed by atoms with Crippen molar-refractivity contribution in [1.82, 2.24) is 5.43 Å². The fourth-order valence-corrected chi connectivity index (χ4v) is 3.08. The highest BCUT2D eigenvalue weighted by Gasteiger charge is 2.04. The van der Waals surface area contributed by atoms with Crippen LogP contribution in [0.3, 0.4) is 0 Å². The smallest absolute Gasteiger partial charge is 0.271 e. The van der Waals surface area contributed by atoms with E-state index in [0.29, 0.717) is 12.2 Å². The summed E-state index contributed by atoms with van der Waals surface area (Å²) in [5.74, 6) is 1.40. The Bertz CT molecular complexity index is 1110. The molecular formula is C29H34N4O3. The van der Waals surface area contributed by atoms with Crippen LogP contribution in [0.4, 0.5) is 5.69 Å². The van der Waals surface area contributed by atoms with Gasteiger partial charge in [0.1, 0.15) is 11.5 Å². The number of rotatable bonds is 14. The summed E-state index contributed by atoms with van der Waals surface area (Å²) < 4.78 is 11.3. The summed E-state index contributed by atoms with van der Waals surface area (Å²) in [5.41, 5.74) is 8.61. The fraction of sp³-hybridized carbons (Fsp3) is 0.276. The van der Waals surface area contributed by atoms with Crippen LogP contribution < -0.4 is 20.3 Å². The molecule has 0 aliphatic rings. The van der Waals surface area contributed by atoms with Gasteiger partial charge in [-0.3, -0.25) is 10.2 Å². The maximum absolute atomic E-state index is 12.4. The minimum Gasteiger partial charge on any atom is -0.494 e. The van der Waals surface area contributed by atoms with E-state index in [1.165, 1.54) is 0 Å². The van der Waals surface area contributed by atoms with E-state index in [-0.39, 0.29) is 5.91 Å². The third-order valence-electron chi connectivity index (χ3n) is 5.23. The highest BCUT2D eigenvalue weighted by Crippen LogP contribution is 2.13. The highest BCUT2D eigenvalue weighted by molar-refractivity contribution is 5.95. The molecule has 3 rings (SSSR count). The molecule has 0 bridgehead atoms. The molecule has 3 aromatic rings. The van der Waals surface area contributed by atoms with Gasteiger partial charge in [0, 0.05) is 5.56 Å². The lowest BCUT2D eigenvalue weighted by atomic mass is 10.2. The van der Waals surface area contributed by atoms with Crippen LogP contribution in [0.15, 0.2) is 83.0 Å². The second-order valence-electron chi connectivity index (χ2n) is 8.19. The summed E-state index contributed by atoms with van der Waals surface area (Å²) in [6.45, 7) is 5.71. The molecule has 0 aliphatic carbocycles. The Hall–Kier alpha value is -4.13. The van der Waals surface area contributed by atoms with E-state index >= 15 is 0 Å². The predicted molar refractivity (Wildman–Crippen MR) is 146 cm³/mol. The first-order chi connectivity index (χ1) is 17.7. The summed E-state index contributed by atoms with van der Waals surface area (Å²) in [4.78, 5) is 12.4. The zero-order chi connectivity index (χ0) is 25.4. The number of nitrogens with zero attached hydrogens (tertiary/aromatic N) is 2. The number of benzene rings is 3. The number of nitrogens with one attached hydrogen (secondary N) is 2. The van der Waals surface area contributed by atoms with Gasteiger partial charge in [0.2, 0.25) is 0 Å². The number of hydrogen-bond acceptors (Lipinski definition) is 6. The maximum atomic E-state index is 12.4. The summed E-state index contributed by atoms with van der Waals surface area (Å²) in [6, 6.07) is 22.4. The fourth-order valence-electron chi connectivity index (χ4n) is 3.08. The SMILES string of the molecule is CCCCOc1ccc(C=NNC(=O)c2ccc(NN=Cc3ccc(OCCCC)cc3)cc2)cc1. The molecule has 0 radical (unpaired) electrons. The highest BCUT2D eigenvalue weighted by atomic mass is 16.5. The van der Waals surface area contributed by atoms with E-state index in [9.17, 15) is 4.79 Å². The third kappa shape index (κ3) is 9.25. The zero-order valence-corrected chi connectivity index (χ0v) is 20.9. The van der Waals surface area contributed by atoms with Crippen molar-refractivity contribution >= 4 is 24.0 Å². The third-order valence-corrected chi connectivity index (χ3v) is 5.23. The van der Waals surface area contributed by atoms with Crippen LogP contribution in [-0.2, 0) is 0 Å². The first kappa shape index (κ1) is 26.5. The second kappa shape index (κ2) is 15.0. The number of anilines is 1. The predicted octanol–water partition coefficient (Wildman–Crippen LogP) is 6.25. The summed E-state index contributed by atoms with van der Waals surface area (Å²) in [5, 5.41) is 8.29. The minimum atomic E-state index is -0.290. The van der Waals surface area contributed by atoms with E-state index in [4.69, 9.17) is 9.47 Å². The zero-order valence-electron chi connectivity index (χ0n) is 20.9. The van der Waals surface area contributed by atoms with Gasteiger partial charge < -0.3 is 9.47 Å².